The third-order valence-electron chi connectivity index (χ3n) is 3.88. The Morgan fingerprint density at radius 3 is 3.00 bits per heavy atom. The van der Waals surface area contributed by atoms with Gasteiger partial charge in [-0.05, 0) is 61.2 Å². The van der Waals surface area contributed by atoms with Crippen molar-refractivity contribution in [2.75, 3.05) is 19.6 Å². The first-order valence-electron chi connectivity index (χ1n) is 7.16. The first kappa shape index (κ1) is 14.0. The molecule has 3 heteroatoms. The molecule has 1 atom stereocenters. The fraction of sp³-hybridized carbons (Fsp3) is 0.733. The van der Waals surface area contributed by atoms with E-state index in [1.807, 2.05) is 11.3 Å². The van der Waals surface area contributed by atoms with E-state index in [0.717, 1.165) is 19.0 Å². The van der Waals surface area contributed by atoms with Gasteiger partial charge >= 0.3 is 0 Å². The summed E-state index contributed by atoms with van der Waals surface area (Å²) in [7, 11) is 0. The lowest BCUT2D eigenvalue weighted by Crippen LogP contribution is -2.32. The molecule has 18 heavy (non-hydrogen) atoms. The fourth-order valence-electron chi connectivity index (χ4n) is 2.86. The van der Waals surface area contributed by atoms with Crippen LogP contribution in [0.15, 0.2) is 11.4 Å². The first-order valence-corrected chi connectivity index (χ1v) is 8.04. The Balaban J connectivity index is 1.77. The highest BCUT2D eigenvalue weighted by molar-refractivity contribution is 7.10. The molecule has 0 saturated heterocycles. The van der Waals surface area contributed by atoms with Crippen molar-refractivity contribution in [1.82, 2.24) is 4.90 Å². The van der Waals surface area contributed by atoms with Crippen LogP contribution < -0.4 is 5.73 Å². The molecule has 0 unspecified atom stereocenters. The van der Waals surface area contributed by atoms with E-state index < -0.39 is 0 Å². The van der Waals surface area contributed by atoms with Crippen LogP contribution in [0.4, 0.5) is 0 Å². The molecule has 0 aliphatic carbocycles. The van der Waals surface area contributed by atoms with Gasteiger partial charge in [0.25, 0.3) is 0 Å². The van der Waals surface area contributed by atoms with Gasteiger partial charge in [0.05, 0.1) is 0 Å². The maximum Gasteiger partial charge on any atom is 0.0244 e. The summed E-state index contributed by atoms with van der Waals surface area (Å²) < 4.78 is 0. The van der Waals surface area contributed by atoms with E-state index in [0.29, 0.717) is 5.92 Å². The quantitative estimate of drug-likeness (QED) is 0.857. The molecule has 0 bridgehead atoms. The van der Waals surface area contributed by atoms with Crippen molar-refractivity contribution < 1.29 is 0 Å². The highest BCUT2D eigenvalue weighted by Crippen LogP contribution is 2.24. The Bertz CT molecular complexity index is 359. The number of nitrogens with zero attached hydrogens (tertiary/aromatic N) is 1. The van der Waals surface area contributed by atoms with Gasteiger partial charge in [0, 0.05) is 18.0 Å². The minimum atomic E-state index is 0.703. The van der Waals surface area contributed by atoms with Gasteiger partial charge in [-0.15, -0.1) is 11.3 Å². The standard InChI is InChI=1S/C15H26N2S/c1-12(2)9-13(10-16)3-6-17-7-4-15-14(11-17)5-8-18-15/h5,8,12-13H,3-4,6-7,9-11,16H2,1-2H3/t13-/m1/s1. The predicted octanol–water partition coefficient (Wildman–Crippen LogP) is 3.12. The van der Waals surface area contributed by atoms with E-state index in [1.165, 1.54) is 32.4 Å². The van der Waals surface area contributed by atoms with Crippen LogP contribution in [0.3, 0.4) is 0 Å². The lowest BCUT2D eigenvalue weighted by atomic mass is 9.94. The Morgan fingerprint density at radius 2 is 2.28 bits per heavy atom. The molecule has 1 aliphatic rings. The number of fused-ring (bicyclic) bond motifs is 1. The molecule has 1 aliphatic heterocycles. The zero-order valence-electron chi connectivity index (χ0n) is 11.7. The third-order valence-corrected chi connectivity index (χ3v) is 4.90. The molecule has 0 radical (unpaired) electrons. The maximum absolute atomic E-state index is 5.88. The van der Waals surface area contributed by atoms with Gasteiger partial charge in [0.2, 0.25) is 0 Å². The summed E-state index contributed by atoms with van der Waals surface area (Å²) in [6, 6.07) is 2.29. The second-order valence-corrected chi connectivity index (χ2v) is 6.92. The van der Waals surface area contributed by atoms with E-state index in [-0.39, 0.29) is 0 Å². The minimum Gasteiger partial charge on any atom is -0.330 e. The fourth-order valence-corrected chi connectivity index (χ4v) is 3.75. The molecule has 0 aromatic carbocycles. The summed E-state index contributed by atoms with van der Waals surface area (Å²) in [5, 5.41) is 2.23. The second-order valence-electron chi connectivity index (χ2n) is 5.92. The first-order chi connectivity index (χ1) is 8.69. The number of thiophene rings is 1. The van der Waals surface area contributed by atoms with E-state index >= 15 is 0 Å². The van der Waals surface area contributed by atoms with Gasteiger partial charge < -0.3 is 5.73 Å². The van der Waals surface area contributed by atoms with E-state index in [1.54, 1.807) is 10.4 Å². The summed E-state index contributed by atoms with van der Waals surface area (Å²) >= 11 is 1.92. The zero-order valence-corrected chi connectivity index (χ0v) is 12.5. The van der Waals surface area contributed by atoms with Crippen molar-refractivity contribution >= 4 is 11.3 Å². The average molecular weight is 266 g/mol. The molecule has 102 valence electrons. The van der Waals surface area contributed by atoms with Crippen molar-refractivity contribution in [3.05, 3.63) is 21.9 Å². The van der Waals surface area contributed by atoms with Crippen molar-refractivity contribution in [2.24, 2.45) is 17.6 Å². The van der Waals surface area contributed by atoms with Crippen molar-refractivity contribution in [2.45, 2.75) is 39.7 Å². The van der Waals surface area contributed by atoms with Gasteiger partial charge in [-0.1, -0.05) is 13.8 Å². The van der Waals surface area contributed by atoms with Gasteiger partial charge in [-0.3, -0.25) is 4.90 Å². The maximum atomic E-state index is 5.88. The monoisotopic (exact) mass is 266 g/mol. The minimum absolute atomic E-state index is 0.703. The van der Waals surface area contributed by atoms with Gasteiger partial charge in [0.1, 0.15) is 0 Å². The molecule has 0 saturated carbocycles. The molecule has 2 N–H and O–H groups in total. The molecule has 2 nitrogen and oxygen atoms in total. The number of rotatable bonds is 6. The van der Waals surface area contributed by atoms with Crippen LogP contribution in [0.25, 0.3) is 0 Å². The average Bonchev–Trinajstić information content (AvgIpc) is 2.81. The van der Waals surface area contributed by atoms with Gasteiger partial charge in [-0.25, -0.2) is 0 Å². The smallest absolute Gasteiger partial charge is 0.0244 e. The number of hydrogen-bond acceptors (Lipinski definition) is 3. The van der Waals surface area contributed by atoms with E-state index in [2.05, 4.69) is 30.2 Å². The third kappa shape index (κ3) is 3.81. The highest BCUT2D eigenvalue weighted by atomic mass is 32.1. The largest absolute Gasteiger partial charge is 0.330 e. The van der Waals surface area contributed by atoms with Crippen LogP contribution in [0.2, 0.25) is 0 Å². The van der Waals surface area contributed by atoms with Crippen LogP contribution in [-0.4, -0.2) is 24.5 Å². The topological polar surface area (TPSA) is 29.3 Å². The Labute approximate surface area is 115 Å². The predicted molar refractivity (Wildman–Crippen MR) is 79.9 cm³/mol. The normalized spacial score (nSPS) is 18.0. The molecule has 2 heterocycles. The SMILES string of the molecule is CC(C)C[C@H](CN)CCN1CCc2sccc2C1. The summed E-state index contributed by atoms with van der Waals surface area (Å²) in [6.07, 6.45) is 3.77. The number of hydrogen-bond donors (Lipinski definition) is 1. The van der Waals surface area contributed by atoms with Crippen LogP contribution in [0.5, 0.6) is 0 Å². The van der Waals surface area contributed by atoms with Crippen molar-refractivity contribution in [1.29, 1.82) is 0 Å². The molecular formula is C15H26N2S. The Morgan fingerprint density at radius 1 is 1.44 bits per heavy atom. The lowest BCUT2D eigenvalue weighted by molar-refractivity contribution is 0.228. The molecule has 1 aromatic heterocycles. The summed E-state index contributed by atoms with van der Waals surface area (Å²) in [4.78, 5) is 4.20. The van der Waals surface area contributed by atoms with E-state index in [9.17, 15) is 0 Å². The van der Waals surface area contributed by atoms with Crippen LogP contribution in [0, 0.1) is 11.8 Å². The number of nitrogens with two attached hydrogens (primary N) is 1. The summed E-state index contributed by atoms with van der Waals surface area (Å²) in [5.41, 5.74) is 7.43. The zero-order chi connectivity index (χ0) is 13.0. The van der Waals surface area contributed by atoms with Crippen molar-refractivity contribution in [3.63, 3.8) is 0 Å². The molecular weight excluding hydrogens is 240 g/mol. The lowest BCUT2D eigenvalue weighted by Gasteiger charge is -2.28. The Hall–Kier alpha value is -0.380. The summed E-state index contributed by atoms with van der Waals surface area (Å²) in [5.74, 6) is 1.47. The summed E-state index contributed by atoms with van der Waals surface area (Å²) in [6.45, 7) is 9.02. The second kappa shape index (κ2) is 6.69. The molecule has 1 aromatic rings. The van der Waals surface area contributed by atoms with Crippen LogP contribution in [0.1, 0.15) is 37.1 Å². The Kier molecular flexibility index (Phi) is 5.22. The van der Waals surface area contributed by atoms with E-state index in [4.69, 9.17) is 5.73 Å². The van der Waals surface area contributed by atoms with Gasteiger partial charge in [-0.2, -0.15) is 0 Å². The van der Waals surface area contributed by atoms with Gasteiger partial charge in [0.15, 0.2) is 0 Å². The highest BCUT2D eigenvalue weighted by Gasteiger charge is 2.18. The molecule has 0 spiro atoms. The van der Waals surface area contributed by atoms with Crippen LogP contribution >= 0.6 is 11.3 Å². The van der Waals surface area contributed by atoms with Crippen LogP contribution in [-0.2, 0) is 13.0 Å². The molecule has 2 rings (SSSR count). The van der Waals surface area contributed by atoms with Crippen molar-refractivity contribution in [3.8, 4) is 0 Å². The molecule has 0 amide bonds. The molecule has 0 fully saturated rings.